The minimum atomic E-state index is 0.328. The molecule has 0 radical (unpaired) electrons. The molecule has 1 N–H and O–H groups in total. The van der Waals surface area contributed by atoms with Crippen LogP contribution in [-0.2, 0) is 6.42 Å². The van der Waals surface area contributed by atoms with Crippen LogP contribution in [0.3, 0.4) is 0 Å². The molecule has 0 saturated carbocycles. The van der Waals surface area contributed by atoms with E-state index in [9.17, 15) is 0 Å². The number of aryl methyl sites for hydroxylation is 1. The SMILES string of the molecule is CC.CC.Oc1ccc2c(c1)CCCO2. The minimum absolute atomic E-state index is 0.328. The molecule has 0 saturated heterocycles. The molecule has 2 nitrogen and oxygen atoms in total. The summed E-state index contributed by atoms with van der Waals surface area (Å²) in [5.74, 6) is 1.25. The number of phenols is 1. The number of hydrogen-bond acceptors (Lipinski definition) is 2. The molecule has 0 fully saturated rings. The molecule has 1 heterocycles. The monoisotopic (exact) mass is 210 g/mol. The van der Waals surface area contributed by atoms with E-state index in [1.165, 1.54) is 0 Å². The predicted molar refractivity (Wildman–Crippen MR) is 64.6 cm³/mol. The number of ether oxygens (including phenoxy) is 1. The van der Waals surface area contributed by atoms with Crippen molar-refractivity contribution in [3.63, 3.8) is 0 Å². The van der Waals surface area contributed by atoms with E-state index >= 15 is 0 Å². The van der Waals surface area contributed by atoms with Gasteiger partial charge in [-0.2, -0.15) is 0 Å². The van der Waals surface area contributed by atoms with Crippen molar-refractivity contribution < 1.29 is 9.84 Å². The van der Waals surface area contributed by atoms with Crippen molar-refractivity contribution in [1.29, 1.82) is 0 Å². The lowest BCUT2D eigenvalue weighted by Crippen LogP contribution is -2.07. The van der Waals surface area contributed by atoms with Crippen molar-refractivity contribution in [2.24, 2.45) is 0 Å². The average Bonchev–Trinajstić information content (AvgIpc) is 2.34. The summed E-state index contributed by atoms with van der Waals surface area (Å²) < 4.78 is 5.37. The van der Waals surface area contributed by atoms with E-state index in [0.29, 0.717) is 5.75 Å². The summed E-state index contributed by atoms with van der Waals surface area (Å²) in [5, 5.41) is 9.13. The number of fused-ring (bicyclic) bond motifs is 1. The van der Waals surface area contributed by atoms with Crippen LogP contribution in [0.2, 0.25) is 0 Å². The van der Waals surface area contributed by atoms with Gasteiger partial charge in [-0.25, -0.2) is 0 Å². The van der Waals surface area contributed by atoms with E-state index in [0.717, 1.165) is 30.8 Å². The highest BCUT2D eigenvalue weighted by atomic mass is 16.5. The van der Waals surface area contributed by atoms with Gasteiger partial charge >= 0.3 is 0 Å². The molecule has 86 valence electrons. The highest BCUT2D eigenvalue weighted by Crippen LogP contribution is 2.27. The molecule has 1 aromatic rings. The normalized spacial score (nSPS) is 12.0. The van der Waals surface area contributed by atoms with Crippen LogP contribution in [0, 0.1) is 0 Å². The van der Waals surface area contributed by atoms with Gasteiger partial charge in [0.05, 0.1) is 6.61 Å². The first kappa shape index (κ1) is 13.8. The van der Waals surface area contributed by atoms with E-state index in [1.54, 1.807) is 12.1 Å². The fourth-order valence-corrected chi connectivity index (χ4v) is 1.35. The highest BCUT2D eigenvalue weighted by molar-refractivity contribution is 5.40. The Hall–Kier alpha value is -1.18. The van der Waals surface area contributed by atoms with Crippen LogP contribution >= 0.6 is 0 Å². The van der Waals surface area contributed by atoms with Gasteiger partial charge in [0.15, 0.2) is 0 Å². The number of phenolic OH excluding ortho intramolecular Hbond substituents is 1. The van der Waals surface area contributed by atoms with Crippen molar-refractivity contribution in [2.45, 2.75) is 40.5 Å². The van der Waals surface area contributed by atoms with Gasteiger partial charge in [0.25, 0.3) is 0 Å². The predicted octanol–water partition coefficient (Wildman–Crippen LogP) is 3.77. The molecule has 0 amide bonds. The minimum Gasteiger partial charge on any atom is -0.508 e. The topological polar surface area (TPSA) is 29.5 Å². The van der Waals surface area contributed by atoms with Crippen LogP contribution in [-0.4, -0.2) is 11.7 Å². The van der Waals surface area contributed by atoms with Gasteiger partial charge in [0.1, 0.15) is 11.5 Å². The maximum Gasteiger partial charge on any atom is 0.122 e. The van der Waals surface area contributed by atoms with Crippen molar-refractivity contribution in [2.75, 3.05) is 6.61 Å². The lowest BCUT2D eigenvalue weighted by atomic mass is 10.1. The third kappa shape index (κ3) is 4.24. The summed E-state index contributed by atoms with van der Waals surface area (Å²) in [4.78, 5) is 0. The molecule has 0 unspecified atom stereocenters. The molecule has 1 aliphatic heterocycles. The summed E-state index contributed by atoms with van der Waals surface area (Å²) in [5.41, 5.74) is 1.12. The van der Waals surface area contributed by atoms with E-state index in [2.05, 4.69) is 0 Å². The number of benzene rings is 1. The molecular weight excluding hydrogens is 188 g/mol. The maximum absolute atomic E-state index is 9.13. The van der Waals surface area contributed by atoms with E-state index in [1.807, 2.05) is 33.8 Å². The quantitative estimate of drug-likeness (QED) is 0.706. The summed E-state index contributed by atoms with van der Waals surface area (Å²) in [7, 11) is 0. The first-order valence-electron chi connectivity index (χ1n) is 5.81. The number of hydrogen-bond donors (Lipinski definition) is 1. The molecule has 0 aromatic heterocycles. The summed E-state index contributed by atoms with van der Waals surface area (Å²) >= 11 is 0. The first-order chi connectivity index (χ1) is 7.36. The van der Waals surface area contributed by atoms with Crippen LogP contribution in [0.25, 0.3) is 0 Å². The lowest BCUT2D eigenvalue weighted by molar-refractivity contribution is 0.287. The van der Waals surface area contributed by atoms with Gasteiger partial charge in [0, 0.05) is 0 Å². The smallest absolute Gasteiger partial charge is 0.122 e. The van der Waals surface area contributed by atoms with Gasteiger partial charge in [-0.15, -0.1) is 0 Å². The molecule has 0 bridgehead atoms. The molecular formula is C13H22O2. The van der Waals surface area contributed by atoms with Gasteiger partial charge in [-0.05, 0) is 36.6 Å². The molecule has 2 rings (SSSR count). The first-order valence-corrected chi connectivity index (χ1v) is 5.81. The summed E-state index contributed by atoms with van der Waals surface area (Å²) in [6.45, 7) is 8.80. The standard InChI is InChI=1S/C9H10O2.2C2H6/c10-8-3-4-9-7(6-8)2-1-5-11-9;2*1-2/h3-4,6,10H,1-2,5H2;2*1-2H3. The Morgan fingerprint density at radius 3 is 2.47 bits per heavy atom. The summed E-state index contributed by atoms with van der Waals surface area (Å²) in [6, 6.07) is 5.25. The Morgan fingerprint density at radius 2 is 1.80 bits per heavy atom. The number of aromatic hydroxyl groups is 1. The van der Waals surface area contributed by atoms with Gasteiger partial charge in [0.2, 0.25) is 0 Å². The zero-order valence-corrected chi connectivity index (χ0v) is 10.2. The molecule has 0 spiro atoms. The van der Waals surface area contributed by atoms with Crippen molar-refractivity contribution in [3.8, 4) is 11.5 Å². The van der Waals surface area contributed by atoms with Crippen LogP contribution in [0.5, 0.6) is 11.5 Å². The molecule has 1 aromatic carbocycles. The van der Waals surface area contributed by atoms with Crippen molar-refractivity contribution >= 4 is 0 Å². The Bertz CT molecular complexity index is 269. The Balaban J connectivity index is 0.000000442. The van der Waals surface area contributed by atoms with Gasteiger partial charge in [-0.1, -0.05) is 27.7 Å². The molecule has 1 aliphatic rings. The fourth-order valence-electron chi connectivity index (χ4n) is 1.35. The maximum atomic E-state index is 9.13. The molecule has 0 aliphatic carbocycles. The average molecular weight is 210 g/mol. The largest absolute Gasteiger partial charge is 0.508 e. The second kappa shape index (κ2) is 8.16. The van der Waals surface area contributed by atoms with Crippen LogP contribution in [0.4, 0.5) is 0 Å². The second-order valence-corrected chi connectivity index (χ2v) is 2.74. The van der Waals surface area contributed by atoms with Crippen molar-refractivity contribution in [1.82, 2.24) is 0 Å². The molecule has 15 heavy (non-hydrogen) atoms. The van der Waals surface area contributed by atoms with E-state index in [-0.39, 0.29) is 0 Å². The van der Waals surface area contributed by atoms with Crippen LogP contribution in [0.1, 0.15) is 39.7 Å². The number of rotatable bonds is 0. The third-order valence-corrected chi connectivity index (χ3v) is 1.89. The second-order valence-electron chi connectivity index (χ2n) is 2.74. The molecule has 0 atom stereocenters. The molecule has 2 heteroatoms. The van der Waals surface area contributed by atoms with Crippen molar-refractivity contribution in [3.05, 3.63) is 23.8 Å². The van der Waals surface area contributed by atoms with Crippen LogP contribution in [0.15, 0.2) is 18.2 Å². The fraction of sp³-hybridized carbons (Fsp3) is 0.538. The third-order valence-electron chi connectivity index (χ3n) is 1.89. The lowest BCUT2D eigenvalue weighted by Gasteiger charge is -2.16. The zero-order valence-electron chi connectivity index (χ0n) is 10.2. The van der Waals surface area contributed by atoms with Crippen LogP contribution < -0.4 is 4.74 Å². The highest BCUT2D eigenvalue weighted by Gasteiger charge is 2.09. The summed E-state index contributed by atoms with van der Waals surface area (Å²) in [6.07, 6.45) is 2.07. The van der Waals surface area contributed by atoms with Gasteiger partial charge < -0.3 is 9.84 Å². The Labute approximate surface area is 92.9 Å². The van der Waals surface area contributed by atoms with Gasteiger partial charge in [-0.3, -0.25) is 0 Å². The Kier molecular flexibility index (Phi) is 7.51. The van der Waals surface area contributed by atoms with E-state index < -0.39 is 0 Å². The zero-order chi connectivity index (χ0) is 11.7. The van der Waals surface area contributed by atoms with E-state index in [4.69, 9.17) is 9.84 Å². The Morgan fingerprint density at radius 1 is 1.13 bits per heavy atom.